The summed E-state index contributed by atoms with van der Waals surface area (Å²) in [6, 6.07) is 5.87. The van der Waals surface area contributed by atoms with Gasteiger partial charge >= 0.3 is 0 Å². The Morgan fingerprint density at radius 1 is 1.43 bits per heavy atom. The Labute approximate surface area is 165 Å². The molecule has 8 nitrogen and oxygen atoms in total. The molecule has 1 amide bonds. The molecule has 8 heteroatoms. The van der Waals surface area contributed by atoms with Crippen LogP contribution in [0.25, 0.3) is 5.82 Å². The summed E-state index contributed by atoms with van der Waals surface area (Å²) in [5, 5.41) is 10.7. The summed E-state index contributed by atoms with van der Waals surface area (Å²) >= 11 is 0. The molecule has 2 aromatic rings. The molecule has 2 aliphatic rings. The summed E-state index contributed by atoms with van der Waals surface area (Å²) in [5.41, 5.74) is 1.13. The predicted molar refractivity (Wildman–Crippen MR) is 107 cm³/mol. The van der Waals surface area contributed by atoms with Gasteiger partial charge in [-0.15, -0.1) is 0 Å². The molecule has 0 saturated carbocycles. The minimum atomic E-state index is 0.0510. The highest BCUT2D eigenvalue weighted by Crippen LogP contribution is 2.36. The summed E-state index contributed by atoms with van der Waals surface area (Å²) in [6.07, 6.45) is 8.21. The Hall–Kier alpha value is -2.90. The molecule has 28 heavy (non-hydrogen) atoms. The van der Waals surface area contributed by atoms with Gasteiger partial charge in [-0.05, 0) is 43.5 Å². The average Bonchev–Trinajstić information content (AvgIpc) is 3.36. The van der Waals surface area contributed by atoms with E-state index in [-0.39, 0.29) is 11.3 Å². The van der Waals surface area contributed by atoms with Crippen LogP contribution in [0.5, 0.6) is 0 Å². The van der Waals surface area contributed by atoms with Gasteiger partial charge in [0.25, 0.3) is 0 Å². The second-order valence-corrected chi connectivity index (χ2v) is 7.62. The van der Waals surface area contributed by atoms with Crippen LogP contribution in [0.4, 0.5) is 0 Å². The molecule has 4 heterocycles. The summed E-state index contributed by atoms with van der Waals surface area (Å²) in [6.45, 7) is 6.08. The zero-order chi connectivity index (χ0) is 19.4. The second-order valence-electron chi connectivity index (χ2n) is 7.62. The van der Waals surface area contributed by atoms with Gasteiger partial charge in [-0.25, -0.2) is 14.7 Å². The Morgan fingerprint density at radius 3 is 3.11 bits per heavy atom. The topological polar surface area (TPSA) is 87.4 Å². The van der Waals surface area contributed by atoms with Gasteiger partial charge in [-0.2, -0.15) is 5.10 Å². The summed E-state index contributed by atoms with van der Waals surface area (Å²) in [4.78, 5) is 23.3. The second kappa shape index (κ2) is 8.00. The van der Waals surface area contributed by atoms with Crippen LogP contribution < -0.4 is 10.6 Å². The molecule has 2 N–H and O–H groups in total. The molecule has 1 unspecified atom stereocenters. The third-order valence-electron chi connectivity index (χ3n) is 5.45. The molecule has 0 aliphatic carbocycles. The smallest absolute Gasteiger partial charge is 0.220 e. The van der Waals surface area contributed by atoms with Crippen LogP contribution >= 0.6 is 0 Å². The maximum atomic E-state index is 11.8. The number of guanidine groups is 1. The van der Waals surface area contributed by atoms with E-state index in [1.807, 2.05) is 24.4 Å². The Kier molecular flexibility index (Phi) is 5.27. The fraction of sp³-hybridized carbons (Fsp3) is 0.500. The number of likely N-dealkylation sites (tertiary alicyclic amines) is 1. The normalized spacial score (nSPS) is 22.5. The number of carbonyl (C=O) groups excluding carboxylic acids is 1. The standard InChI is InChI=1S/C20H27N7O/c1-2-21-19(26-9-3-6-20(15-26)12-18(28)24-14-20)23-13-16-5-8-22-17(11-16)27-10-4-7-25-27/h4-5,7-8,10-11H,2-3,6,9,12-15H2,1H3,(H,21,23)(H,24,28). The number of carbonyl (C=O) groups is 1. The van der Waals surface area contributed by atoms with Crippen molar-refractivity contribution in [2.24, 2.45) is 10.4 Å². The fourth-order valence-electron chi connectivity index (χ4n) is 4.11. The SMILES string of the molecule is CCNC(=NCc1ccnc(-n2cccn2)c1)N1CCCC2(CNC(=O)C2)C1. The maximum absolute atomic E-state index is 11.8. The molecule has 2 fully saturated rings. The van der Waals surface area contributed by atoms with Crippen molar-refractivity contribution in [1.29, 1.82) is 0 Å². The third-order valence-corrected chi connectivity index (χ3v) is 5.45. The van der Waals surface area contributed by atoms with E-state index in [4.69, 9.17) is 4.99 Å². The van der Waals surface area contributed by atoms with Gasteiger partial charge in [0, 0.05) is 56.6 Å². The van der Waals surface area contributed by atoms with E-state index in [0.29, 0.717) is 13.0 Å². The van der Waals surface area contributed by atoms with Crippen molar-refractivity contribution in [2.75, 3.05) is 26.2 Å². The Morgan fingerprint density at radius 2 is 2.36 bits per heavy atom. The van der Waals surface area contributed by atoms with E-state index in [2.05, 4.69) is 32.5 Å². The van der Waals surface area contributed by atoms with E-state index in [0.717, 1.165) is 56.4 Å². The monoisotopic (exact) mass is 381 g/mol. The molecular weight excluding hydrogens is 354 g/mol. The van der Waals surface area contributed by atoms with Crippen molar-refractivity contribution in [3.63, 3.8) is 0 Å². The zero-order valence-electron chi connectivity index (χ0n) is 16.3. The number of rotatable bonds is 4. The zero-order valence-corrected chi connectivity index (χ0v) is 16.3. The number of hydrogen-bond donors (Lipinski definition) is 2. The van der Waals surface area contributed by atoms with E-state index in [1.54, 1.807) is 17.1 Å². The number of aromatic nitrogens is 3. The van der Waals surface area contributed by atoms with Gasteiger partial charge in [-0.1, -0.05) is 0 Å². The van der Waals surface area contributed by atoms with E-state index < -0.39 is 0 Å². The molecule has 1 atom stereocenters. The number of aliphatic imine (C=N–C) groups is 1. The molecule has 2 saturated heterocycles. The van der Waals surface area contributed by atoms with Gasteiger partial charge in [0.2, 0.25) is 5.91 Å². The van der Waals surface area contributed by atoms with Crippen molar-refractivity contribution in [3.05, 3.63) is 42.4 Å². The van der Waals surface area contributed by atoms with Gasteiger partial charge in [0.15, 0.2) is 11.8 Å². The summed E-state index contributed by atoms with van der Waals surface area (Å²) in [5.74, 6) is 1.88. The fourth-order valence-corrected chi connectivity index (χ4v) is 4.11. The molecule has 2 aromatic heterocycles. The van der Waals surface area contributed by atoms with Crippen molar-refractivity contribution in [1.82, 2.24) is 30.3 Å². The maximum Gasteiger partial charge on any atom is 0.220 e. The van der Waals surface area contributed by atoms with Crippen LogP contribution in [0.2, 0.25) is 0 Å². The first-order valence-corrected chi connectivity index (χ1v) is 9.92. The first kappa shape index (κ1) is 18.5. The van der Waals surface area contributed by atoms with E-state index >= 15 is 0 Å². The minimum absolute atomic E-state index is 0.0510. The van der Waals surface area contributed by atoms with Crippen LogP contribution in [-0.4, -0.2) is 57.7 Å². The Bertz CT molecular complexity index is 848. The highest BCUT2D eigenvalue weighted by molar-refractivity contribution is 5.81. The highest BCUT2D eigenvalue weighted by Gasteiger charge is 2.42. The molecule has 2 aliphatic heterocycles. The van der Waals surface area contributed by atoms with Crippen molar-refractivity contribution in [3.8, 4) is 5.82 Å². The number of amides is 1. The lowest BCUT2D eigenvalue weighted by atomic mass is 9.79. The quantitative estimate of drug-likeness (QED) is 0.616. The van der Waals surface area contributed by atoms with Gasteiger partial charge in [-0.3, -0.25) is 4.79 Å². The van der Waals surface area contributed by atoms with Crippen LogP contribution in [-0.2, 0) is 11.3 Å². The van der Waals surface area contributed by atoms with E-state index in [1.165, 1.54) is 0 Å². The molecule has 0 bridgehead atoms. The van der Waals surface area contributed by atoms with Crippen LogP contribution in [0.1, 0.15) is 31.7 Å². The molecular formula is C20H27N7O. The first-order chi connectivity index (χ1) is 13.7. The van der Waals surface area contributed by atoms with Crippen molar-refractivity contribution < 1.29 is 4.79 Å². The number of nitrogens with zero attached hydrogens (tertiary/aromatic N) is 5. The van der Waals surface area contributed by atoms with Gasteiger partial charge < -0.3 is 15.5 Å². The lowest BCUT2D eigenvalue weighted by molar-refractivity contribution is -0.119. The number of nitrogens with one attached hydrogen (secondary N) is 2. The van der Waals surface area contributed by atoms with Crippen molar-refractivity contribution in [2.45, 2.75) is 32.7 Å². The molecule has 1 spiro atoms. The van der Waals surface area contributed by atoms with E-state index in [9.17, 15) is 4.79 Å². The number of hydrogen-bond acceptors (Lipinski definition) is 4. The largest absolute Gasteiger partial charge is 0.357 e. The lowest BCUT2D eigenvalue weighted by Crippen LogP contribution is -2.51. The first-order valence-electron chi connectivity index (χ1n) is 9.92. The van der Waals surface area contributed by atoms with Gasteiger partial charge in [0.1, 0.15) is 0 Å². The molecule has 0 aromatic carbocycles. The Balaban J connectivity index is 1.49. The summed E-state index contributed by atoms with van der Waals surface area (Å²) in [7, 11) is 0. The summed E-state index contributed by atoms with van der Waals surface area (Å²) < 4.78 is 1.75. The number of pyridine rings is 1. The van der Waals surface area contributed by atoms with Crippen LogP contribution in [0, 0.1) is 5.41 Å². The molecule has 0 radical (unpaired) electrons. The highest BCUT2D eigenvalue weighted by atomic mass is 16.1. The minimum Gasteiger partial charge on any atom is -0.357 e. The third kappa shape index (κ3) is 4.00. The molecule has 4 rings (SSSR count). The predicted octanol–water partition coefficient (Wildman–Crippen LogP) is 1.33. The van der Waals surface area contributed by atoms with Gasteiger partial charge in [0.05, 0.1) is 6.54 Å². The number of piperidine rings is 1. The van der Waals surface area contributed by atoms with Crippen LogP contribution in [0.3, 0.4) is 0 Å². The average molecular weight is 381 g/mol. The lowest BCUT2D eigenvalue weighted by Gasteiger charge is -2.40. The molecule has 148 valence electrons. The van der Waals surface area contributed by atoms with Crippen LogP contribution in [0.15, 0.2) is 41.8 Å². The van der Waals surface area contributed by atoms with Crippen molar-refractivity contribution >= 4 is 11.9 Å².